The topological polar surface area (TPSA) is 29.1 Å². The normalized spacial score (nSPS) is 39.3. The van der Waals surface area contributed by atoms with Crippen LogP contribution in [0, 0.1) is 11.8 Å². The number of hydrogen-bond donors (Lipinski definition) is 1. The Balaban J connectivity index is 2.10. The maximum Gasteiger partial charge on any atom is 0.224 e. The molecule has 1 amide bonds. The predicted octanol–water partition coefficient (Wildman–Crippen LogP) is 1.48. The summed E-state index contributed by atoms with van der Waals surface area (Å²) in [4.78, 5) is 11.4. The van der Waals surface area contributed by atoms with Crippen LogP contribution in [0.15, 0.2) is 12.7 Å². The van der Waals surface area contributed by atoms with Crippen molar-refractivity contribution in [2.45, 2.75) is 31.7 Å². The Labute approximate surface area is 73.0 Å². The van der Waals surface area contributed by atoms with E-state index >= 15 is 0 Å². The van der Waals surface area contributed by atoms with Gasteiger partial charge in [-0.15, -0.1) is 6.58 Å². The monoisotopic (exact) mass is 165 g/mol. The molecule has 2 rings (SSSR count). The van der Waals surface area contributed by atoms with Crippen LogP contribution >= 0.6 is 0 Å². The molecule has 0 radical (unpaired) electrons. The summed E-state index contributed by atoms with van der Waals surface area (Å²) in [5, 5.41) is 3.06. The average Bonchev–Trinajstić information content (AvgIpc) is 2.56. The summed E-state index contributed by atoms with van der Waals surface area (Å²) >= 11 is 0. The Kier molecular flexibility index (Phi) is 1.91. The van der Waals surface area contributed by atoms with Gasteiger partial charge in [0.1, 0.15) is 0 Å². The van der Waals surface area contributed by atoms with Gasteiger partial charge in [-0.3, -0.25) is 4.79 Å². The van der Waals surface area contributed by atoms with Crippen LogP contribution in [0.2, 0.25) is 0 Å². The highest BCUT2D eigenvalue weighted by atomic mass is 16.2. The van der Waals surface area contributed by atoms with Gasteiger partial charge < -0.3 is 5.32 Å². The molecule has 2 heteroatoms. The standard InChI is InChI=1S/C10H15NO/c1-2-4-8-7-5-3-6-9(7)11-10(8)12/h2,7-9H,1,3-6H2,(H,11,12)/t7-,8-,9+/m0/s1. The lowest BCUT2D eigenvalue weighted by atomic mass is 9.89. The molecule has 3 atom stereocenters. The first-order valence-corrected chi connectivity index (χ1v) is 4.74. The lowest BCUT2D eigenvalue weighted by Crippen LogP contribution is -2.25. The van der Waals surface area contributed by atoms with E-state index in [4.69, 9.17) is 0 Å². The number of nitrogens with one attached hydrogen (secondary N) is 1. The van der Waals surface area contributed by atoms with Crippen LogP contribution in [-0.4, -0.2) is 11.9 Å². The smallest absolute Gasteiger partial charge is 0.224 e. The number of carbonyl (C=O) groups is 1. The van der Waals surface area contributed by atoms with Gasteiger partial charge in [0.15, 0.2) is 0 Å². The molecule has 1 aliphatic heterocycles. The fraction of sp³-hybridized carbons (Fsp3) is 0.700. The molecule has 1 N–H and O–H groups in total. The molecule has 0 spiro atoms. The van der Waals surface area contributed by atoms with Crippen molar-refractivity contribution in [2.24, 2.45) is 11.8 Å². The molecule has 1 heterocycles. The minimum atomic E-state index is 0.231. The zero-order chi connectivity index (χ0) is 8.55. The van der Waals surface area contributed by atoms with E-state index in [2.05, 4.69) is 11.9 Å². The lowest BCUT2D eigenvalue weighted by molar-refractivity contribution is -0.123. The molecule has 0 aromatic rings. The Morgan fingerprint density at radius 1 is 1.58 bits per heavy atom. The summed E-state index contributed by atoms with van der Waals surface area (Å²) in [5.41, 5.74) is 0. The van der Waals surface area contributed by atoms with Crippen molar-refractivity contribution < 1.29 is 4.79 Å². The number of hydrogen-bond acceptors (Lipinski definition) is 1. The minimum absolute atomic E-state index is 0.231. The highest BCUT2D eigenvalue weighted by molar-refractivity contribution is 5.82. The number of amides is 1. The highest BCUT2D eigenvalue weighted by Gasteiger charge is 2.43. The van der Waals surface area contributed by atoms with Crippen molar-refractivity contribution in [3.05, 3.63) is 12.7 Å². The molecule has 2 aliphatic rings. The Bertz CT molecular complexity index is 212. The van der Waals surface area contributed by atoms with E-state index in [-0.39, 0.29) is 11.8 Å². The van der Waals surface area contributed by atoms with Gasteiger partial charge in [-0.2, -0.15) is 0 Å². The van der Waals surface area contributed by atoms with Gasteiger partial charge in [-0.25, -0.2) is 0 Å². The molecule has 0 unspecified atom stereocenters. The third-order valence-corrected chi connectivity index (χ3v) is 3.17. The van der Waals surface area contributed by atoms with Crippen LogP contribution < -0.4 is 5.32 Å². The van der Waals surface area contributed by atoms with E-state index in [9.17, 15) is 4.79 Å². The van der Waals surface area contributed by atoms with Crippen molar-refractivity contribution in [3.63, 3.8) is 0 Å². The summed E-state index contributed by atoms with van der Waals surface area (Å²) in [5.74, 6) is 1.09. The predicted molar refractivity (Wildman–Crippen MR) is 47.6 cm³/mol. The number of fused-ring (bicyclic) bond motifs is 1. The van der Waals surface area contributed by atoms with E-state index in [1.165, 1.54) is 19.3 Å². The summed E-state index contributed by atoms with van der Waals surface area (Å²) in [6.45, 7) is 3.69. The first-order valence-electron chi connectivity index (χ1n) is 4.74. The van der Waals surface area contributed by atoms with Gasteiger partial charge in [0, 0.05) is 12.0 Å². The van der Waals surface area contributed by atoms with Crippen molar-refractivity contribution in [1.29, 1.82) is 0 Å². The van der Waals surface area contributed by atoms with Crippen molar-refractivity contribution in [2.75, 3.05) is 0 Å². The molecular formula is C10H15NO. The zero-order valence-corrected chi connectivity index (χ0v) is 7.25. The van der Waals surface area contributed by atoms with Crippen molar-refractivity contribution in [1.82, 2.24) is 5.32 Å². The number of rotatable bonds is 2. The lowest BCUT2D eigenvalue weighted by Gasteiger charge is -2.12. The molecule has 66 valence electrons. The third kappa shape index (κ3) is 1.06. The zero-order valence-electron chi connectivity index (χ0n) is 7.25. The Morgan fingerprint density at radius 3 is 3.17 bits per heavy atom. The van der Waals surface area contributed by atoms with E-state index in [1.807, 2.05) is 6.08 Å². The quantitative estimate of drug-likeness (QED) is 0.617. The van der Waals surface area contributed by atoms with E-state index in [0.29, 0.717) is 12.0 Å². The van der Waals surface area contributed by atoms with Crippen LogP contribution in [0.25, 0.3) is 0 Å². The molecule has 12 heavy (non-hydrogen) atoms. The first kappa shape index (κ1) is 7.84. The molecule has 0 aromatic carbocycles. The first-order chi connectivity index (χ1) is 5.83. The number of allylic oxidation sites excluding steroid dienone is 1. The van der Waals surface area contributed by atoms with Gasteiger partial charge in [-0.05, 0) is 25.2 Å². The molecule has 1 saturated carbocycles. The molecule has 1 saturated heterocycles. The molecule has 0 bridgehead atoms. The SMILES string of the molecule is C=CC[C@@H]1C(=O)N[C@@H]2CCC[C@@H]12. The minimum Gasteiger partial charge on any atom is -0.353 e. The summed E-state index contributed by atoms with van der Waals surface area (Å²) in [6.07, 6.45) is 6.41. The molecule has 2 fully saturated rings. The largest absolute Gasteiger partial charge is 0.353 e. The van der Waals surface area contributed by atoms with Crippen molar-refractivity contribution >= 4 is 5.91 Å². The third-order valence-electron chi connectivity index (χ3n) is 3.17. The van der Waals surface area contributed by atoms with Gasteiger partial charge in [0.05, 0.1) is 0 Å². The summed E-state index contributed by atoms with van der Waals surface area (Å²) in [6, 6.07) is 0.488. The maximum atomic E-state index is 11.4. The van der Waals surface area contributed by atoms with E-state index in [1.54, 1.807) is 0 Å². The van der Waals surface area contributed by atoms with Gasteiger partial charge >= 0.3 is 0 Å². The van der Waals surface area contributed by atoms with E-state index < -0.39 is 0 Å². The molecule has 2 nitrogen and oxygen atoms in total. The van der Waals surface area contributed by atoms with Gasteiger partial charge in [-0.1, -0.05) is 12.5 Å². The molecule has 0 aromatic heterocycles. The fourth-order valence-electron chi connectivity index (χ4n) is 2.60. The molecule has 1 aliphatic carbocycles. The summed E-state index contributed by atoms with van der Waals surface area (Å²) in [7, 11) is 0. The Hall–Kier alpha value is -0.790. The van der Waals surface area contributed by atoms with Gasteiger partial charge in [0.25, 0.3) is 0 Å². The van der Waals surface area contributed by atoms with Crippen LogP contribution in [-0.2, 0) is 4.79 Å². The van der Waals surface area contributed by atoms with Gasteiger partial charge in [0.2, 0.25) is 5.91 Å². The maximum absolute atomic E-state index is 11.4. The van der Waals surface area contributed by atoms with Crippen LogP contribution in [0.5, 0.6) is 0 Å². The Morgan fingerprint density at radius 2 is 2.42 bits per heavy atom. The second-order valence-electron chi connectivity index (χ2n) is 3.84. The molecular weight excluding hydrogens is 150 g/mol. The summed E-state index contributed by atoms with van der Waals surface area (Å²) < 4.78 is 0. The fourth-order valence-corrected chi connectivity index (χ4v) is 2.60. The van der Waals surface area contributed by atoms with Crippen LogP contribution in [0.3, 0.4) is 0 Å². The second kappa shape index (κ2) is 2.92. The van der Waals surface area contributed by atoms with Crippen LogP contribution in [0.1, 0.15) is 25.7 Å². The number of carbonyl (C=O) groups excluding carboxylic acids is 1. The average molecular weight is 165 g/mol. The van der Waals surface area contributed by atoms with Crippen molar-refractivity contribution in [3.8, 4) is 0 Å². The highest BCUT2D eigenvalue weighted by Crippen LogP contribution is 2.38. The van der Waals surface area contributed by atoms with Crippen LogP contribution in [0.4, 0.5) is 0 Å². The second-order valence-corrected chi connectivity index (χ2v) is 3.84. The van der Waals surface area contributed by atoms with E-state index in [0.717, 1.165) is 6.42 Å².